The molecule has 5 heteroatoms. The van der Waals surface area contributed by atoms with Crippen molar-refractivity contribution in [2.24, 2.45) is 0 Å². The van der Waals surface area contributed by atoms with Gasteiger partial charge in [0.25, 0.3) is 0 Å². The fourth-order valence-corrected chi connectivity index (χ4v) is 9.59. The first kappa shape index (κ1) is 34.0. The monoisotopic (exact) mass is 763 g/mol. The van der Waals surface area contributed by atoms with Gasteiger partial charge in [-0.15, -0.1) is 11.3 Å². The Kier molecular flexibility index (Phi) is 8.19. The van der Waals surface area contributed by atoms with Crippen molar-refractivity contribution in [2.75, 3.05) is 4.90 Å². The number of para-hydroxylation sites is 1. The summed E-state index contributed by atoms with van der Waals surface area (Å²) in [5.41, 5.74) is 11.6. The summed E-state index contributed by atoms with van der Waals surface area (Å²) in [6.07, 6.45) is 1.95. The van der Waals surface area contributed by atoms with E-state index in [4.69, 9.17) is 4.98 Å². The quantitative estimate of drug-likeness (QED) is 0.161. The third-order valence-electron chi connectivity index (χ3n) is 11.1. The van der Waals surface area contributed by atoms with Crippen molar-refractivity contribution in [3.05, 3.63) is 212 Å². The molecule has 58 heavy (non-hydrogen) atoms. The molecule has 0 saturated carbocycles. The van der Waals surface area contributed by atoms with Crippen LogP contribution in [0.15, 0.2) is 206 Å². The molecule has 0 spiro atoms. The molecule has 11 rings (SSSR count). The van der Waals surface area contributed by atoms with Crippen LogP contribution in [0.4, 0.5) is 21.6 Å². The van der Waals surface area contributed by atoms with Crippen molar-refractivity contribution in [2.45, 2.75) is 0 Å². The van der Waals surface area contributed by atoms with E-state index >= 15 is 0 Å². The van der Waals surface area contributed by atoms with Crippen LogP contribution in [0.1, 0.15) is 0 Å². The minimum absolute atomic E-state index is 0.250. The minimum Gasteiger partial charge on any atom is -0.309 e. The zero-order chi connectivity index (χ0) is 38.6. The highest BCUT2D eigenvalue weighted by atomic mass is 32.1. The van der Waals surface area contributed by atoms with E-state index in [0.717, 1.165) is 66.9 Å². The normalized spacial score (nSPS) is 11.5. The first-order valence-corrected chi connectivity index (χ1v) is 20.2. The summed E-state index contributed by atoms with van der Waals surface area (Å²) in [6.45, 7) is 0. The Morgan fingerprint density at radius 1 is 0.448 bits per heavy atom. The highest BCUT2D eigenvalue weighted by Gasteiger charge is 2.17. The molecule has 0 N–H and O–H groups in total. The molecule has 0 aliphatic heterocycles. The topological polar surface area (TPSA) is 21.1 Å². The number of hydrogen-bond acceptors (Lipinski definition) is 3. The van der Waals surface area contributed by atoms with Gasteiger partial charge in [-0.05, 0) is 107 Å². The lowest BCUT2D eigenvalue weighted by atomic mass is 10.0. The molecule has 0 aliphatic rings. The van der Waals surface area contributed by atoms with E-state index < -0.39 is 0 Å². The van der Waals surface area contributed by atoms with E-state index in [9.17, 15) is 4.39 Å². The lowest BCUT2D eigenvalue weighted by Crippen LogP contribution is -2.11. The van der Waals surface area contributed by atoms with Gasteiger partial charge in [-0.2, -0.15) is 0 Å². The summed E-state index contributed by atoms with van der Waals surface area (Å²) >= 11 is 1.85. The smallest absolute Gasteiger partial charge is 0.137 e. The lowest BCUT2D eigenvalue weighted by Gasteiger charge is -2.25. The predicted molar refractivity (Wildman–Crippen MR) is 242 cm³/mol. The van der Waals surface area contributed by atoms with Crippen molar-refractivity contribution in [3.8, 4) is 39.1 Å². The average Bonchev–Trinajstić information content (AvgIpc) is 3.83. The standard InChI is InChI=1S/C53H34FN3S/c54-40-25-30-46-45-14-4-6-18-49(45)57(50(46)33-40)43-13-8-12-38(32-43)36-20-26-41(27-21-36)56(52-31-24-39(34-55-52)35-10-2-1-3-11-35)42-28-22-37(23-29-42)44-16-9-17-48-47-15-5-7-19-51(47)58-53(44)48/h1-34H. The summed E-state index contributed by atoms with van der Waals surface area (Å²) in [4.78, 5) is 7.24. The van der Waals surface area contributed by atoms with E-state index in [0.29, 0.717) is 0 Å². The summed E-state index contributed by atoms with van der Waals surface area (Å²) < 4.78 is 19.4. The van der Waals surface area contributed by atoms with Crippen LogP contribution in [0.25, 0.3) is 81.0 Å². The maximum Gasteiger partial charge on any atom is 0.137 e. The van der Waals surface area contributed by atoms with Crippen LogP contribution in [-0.4, -0.2) is 9.55 Å². The van der Waals surface area contributed by atoms with Crippen LogP contribution in [-0.2, 0) is 0 Å². The Bertz CT molecular complexity index is 3280. The van der Waals surface area contributed by atoms with Gasteiger partial charge in [0, 0.05) is 59.8 Å². The molecule has 3 nitrogen and oxygen atoms in total. The molecule has 3 heterocycles. The molecular formula is C53H34FN3S. The second-order valence-electron chi connectivity index (χ2n) is 14.5. The lowest BCUT2D eigenvalue weighted by molar-refractivity contribution is 0.629. The molecule has 0 radical (unpaired) electrons. The summed E-state index contributed by atoms with van der Waals surface area (Å²) in [5, 5.41) is 4.72. The second kappa shape index (κ2) is 14.0. The number of hydrogen-bond donors (Lipinski definition) is 0. The molecule has 11 aromatic rings. The molecule has 0 amide bonds. The summed E-state index contributed by atoms with van der Waals surface area (Å²) in [6, 6.07) is 69.1. The molecule has 274 valence electrons. The summed E-state index contributed by atoms with van der Waals surface area (Å²) in [7, 11) is 0. The number of benzene rings is 8. The number of fused-ring (bicyclic) bond motifs is 6. The third-order valence-corrected chi connectivity index (χ3v) is 12.3. The molecule has 0 atom stereocenters. The Morgan fingerprint density at radius 2 is 1.09 bits per heavy atom. The van der Waals surface area contributed by atoms with E-state index in [1.807, 2.05) is 41.8 Å². The van der Waals surface area contributed by atoms with Crippen molar-refractivity contribution >= 4 is 70.5 Å². The summed E-state index contributed by atoms with van der Waals surface area (Å²) in [5.74, 6) is 0.577. The number of anilines is 3. The highest BCUT2D eigenvalue weighted by molar-refractivity contribution is 7.26. The fourth-order valence-electron chi connectivity index (χ4n) is 8.35. The Labute approximate surface area is 339 Å². The number of aromatic nitrogens is 2. The minimum atomic E-state index is -0.250. The van der Waals surface area contributed by atoms with Gasteiger partial charge < -0.3 is 4.57 Å². The predicted octanol–water partition coefficient (Wildman–Crippen LogP) is 15.2. The van der Waals surface area contributed by atoms with Crippen molar-refractivity contribution in [1.82, 2.24) is 9.55 Å². The van der Waals surface area contributed by atoms with E-state index in [1.54, 1.807) is 6.07 Å². The molecule has 0 aliphatic carbocycles. The molecule has 0 saturated heterocycles. The number of nitrogens with zero attached hydrogens (tertiary/aromatic N) is 3. The van der Waals surface area contributed by atoms with Crippen LogP contribution in [0.5, 0.6) is 0 Å². The van der Waals surface area contributed by atoms with Gasteiger partial charge in [-0.25, -0.2) is 9.37 Å². The molecular weight excluding hydrogens is 730 g/mol. The number of pyridine rings is 1. The second-order valence-corrected chi connectivity index (χ2v) is 15.6. The van der Waals surface area contributed by atoms with Gasteiger partial charge in [0.1, 0.15) is 11.6 Å². The van der Waals surface area contributed by atoms with E-state index in [2.05, 4.69) is 173 Å². The molecule has 0 bridgehead atoms. The van der Waals surface area contributed by atoms with E-state index in [-0.39, 0.29) is 5.82 Å². The molecule has 8 aromatic carbocycles. The van der Waals surface area contributed by atoms with Crippen LogP contribution in [0, 0.1) is 5.82 Å². The van der Waals surface area contributed by atoms with Crippen molar-refractivity contribution in [3.63, 3.8) is 0 Å². The number of halogens is 1. The Balaban J connectivity index is 0.976. The maximum absolute atomic E-state index is 14.6. The first-order chi connectivity index (χ1) is 28.7. The maximum atomic E-state index is 14.6. The largest absolute Gasteiger partial charge is 0.309 e. The van der Waals surface area contributed by atoms with E-state index in [1.165, 1.54) is 37.4 Å². The van der Waals surface area contributed by atoms with Gasteiger partial charge in [-0.3, -0.25) is 4.90 Å². The van der Waals surface area contributed by atoms with Gasteiger partial charge in [-0.1, -0.05) is 121 Å². The van der Waals surface area contributed by atoms with Crippen LogP contribution in [0.3, 0.4) is 0 Å². The highest BCUT2D eigenvalue weighted by Crippen LogP contribution is 2.42. The Hall–Kier alpha value is -7.34. The van der Waals surface area contributed by atoms with Crippen molar-refractivity contribution < 1.29 is 4.39 Å². The zero-order valence-electron chi connectivity index (χ0n) is 31.3. The van der Waals surface area contributed by atoms with Gasteiger partial charge >= 0.3 is 0 Å². The SMILES string of the molecule is Fc1ccc2c3ccccc3n(-c3cccc(-c4ccc(N(c5ccc(-c6cccc7c6sc6ccccc67)cc5)c5ccc(-c6ccccc6)cn5)cc4)c3)c2c1. The van der Waals surface area contributed by atoms with Crippen LogP contribution < -0.4 is 4.90 Å². The Morgan fingerprint density at radius 3 is 1.88 bits per heavy atom. The molecule has 3 aromatic heterocycles. The first-order valence-electron chi connectivity index (χ1n) is 19.4. The van der Waals surface area contributed by atoms with Crippen LogP contribution in [0.2, 0.25) is 0 Å². The van der Waals surface area contributed by atoms with Crippen molar-refractivity contribution in [1.29, 1.82) is 0 Å². The number of rotatable bonds is 7. The van der Waals surface area contributed by atoms with Gasteiger partial charge in [0.2, 0.25) is 0 Å². The van der Waals surface area contributed by atoms with Crippen LogP contribution >= 0.6 is 11.3 Å². The van der Waals surface area contributed by atoms with Gasteiger partial charge in [0.05, 0.1) is 11.0 Å². The average molecular weight is 764 g/mol. The zero-order valence-corrected chi connectivity index (χ0v) is 32.1. The molecule has 0 unspecified atom stereocenters. The van der Waals surface area contributed by atoms with Gasteiger partial charge in [0.15, 0.2) is 0 Å². The third kappa shape index (κ3) is 5.83. The fraction of sp³-hybridized carbons (Fsp3) is 0. The number of thiophene rings is 1. The molecule has 0 fully saturated rings.